The largest absolute Gasteiger partial charge is 0.347 e. The zero-order valence-electron chi connectivity index (χ0n) is 9.07. The molecule has 0 spiro atoms. The molecule has 82 valence electrons. The minimum absolute atomic E-state index is 0.272. The zero-order chi connectivity index (χ0) is 11.1. The SMILES string of the molecule is CC(C)S(=O)(=O)C1(C(=O)N(C)C)CC1. The van der Waals surface area contributed by atoms with Crippen LogP contribution in [0.15, 0.2) is 0 Å². The van der Waals surface area contributed by atoms with Crippen LogP contribution >= 0.6 is 0 Å². The molecule has 1 amide bonds. The maximum absolute atomic E-state index is 11.9. The van der Waals surface area contributed by atoms with Crippen molar-refractivity contribution in [2.45, 2.75) is 36.7 Å². The van der Waals surface area contributed by atoms with Crippen molar-refractivity contribution in [1.29, 1.82) is 0 Å². The third kappa shape index (κ3) is 1.43. The summed E-state index contributed by atoms with van der Waals surface area (Å²) in [7, 11) is -0.110. The van der Waals surface area contributed by atoms with Gasteiger partial charge in [-0.15, -0.1) is 0 Å². The third-order valence-electron chi connectivity index (χ3n) is 2.67. The Morgan fingerprint density at radius 1 is 1.29 bits per heavy atom. The highest BCUT2D eigenvalue weighted by Crippen LogP contribution is 2.46. The molecule has 0 aromatic heterocycles. The molecule has 5 heteroatoms. The Bertz CT molecular complexity index is 339. The first-order chi connectivity index (χ1) is 6.25. The monoisotopic (exact) mass is 219 g/mol. The van der Waals surface area contributed by atoms with Gasteiger partial charge in [0.05, 0.1) is 5.25 Å². The Morgan fingerprint density at radius 3 is 1.93 bits per heavy atom. The van der Waals surface area contributed by atoms with Crippen LogP contribution in [0.3, 0.4) is 0 Å². The van der Waals surface area contributed by atoms with Gasteiger partial charge in [0.2, 0.25) is 5.91 Å². The van der Waals surface area contributed by atoms with E-state index in [2.05, 4.69) is 0 Å². The molecule has 1 aliphatic carbocycles. The first-order valence-corrected chi connectivity index (χ1v) is 6.25. The number of rotatable bonds is 3. The highest BCUT2D eigenvalue weighted by atomic mass is 32.2. The number of sulfone groups is 1. The van der Waals surface area contributed by atoms with Gasteiger partial charge in [0, 0.05) is 14.1 Å². The second-order valence-corrected chi connectivity index (χ2v) is 7.10. The molecule has 1 saturated carbocycles. The van der Waals surface area contributed by atoms with Crippen LogP contribution in [0.25, 0.3) is 0 Å². The van der Waals surface area contributed by atoms with Crippen LogP contribution in [-0.4, -0.2) is 43.3 Å². The van der Waals surface area contributed by atoms with Crippen LogP contribution in [0.4, 0.5) is 0 Å². The number of hydrogen-bond acceptors (Lipinski definition) is 3. The fraction of sp³-hybridized carbons (Fsp3) is 0.889. The summed E-state index contributed by atoms with van der Waals surface area (Å²) in [4.78, 5) is 13.1. The van der Waals surface area contributed by atoms with Crippen LogP contribution < -0.4 is 0 Å². The van der Waals surface area contributed by atoms with Gasteiger partial charge in [0.15, 0.2) is 14.6 Å². The van der Waals surface area contributed by atoms with E-state index in [4.69, 9.17) is 0 Å². The number of nitrogens with zero attached hydrogens (tertiary/aromatic N) is 1. The summed E-state index contributed by atoms with van der Waals surface area (Å²) in [5.41, 5.74) is 0. The van der Waals surface area contributed by atoms with Gasteiger partial charge in [-0.3, -0.25) is 4.79 Å². The predicted octanol–water partition coefficient (Wildman–Crippen LogP) is 0.430. The van der Waals surface area contributed by atoms with Gasteiger partial charge in [-0.25, -0.2) is 8.42 Å². The molecule has 0 atom stereocenters. The molecule has 1 aliphatic rings. The van der Waals surface area contributed by atoms with Crippen LogP contribution in [-0.2, 0) is 14.6 Å². The van der Waals surface area contributed by atoms with Gasteiger partial charge in [0.1, 0.15) is 0 Å². The fourth-order valence-corrected chi connectivity index (χ4v) is 3.59. The van der Waals surface area contributed by atoms with Gasteiger partial charge in [-0.1, -0.05) is 0 Å². The lowest BCUT2D eigenvalue weighted by Gasteiger charge is -2.21. The quantitative estimate of drug-likeness (QED) is 0.691. The Balaban J connectivity index is 3.04. The Labute approximate surface area is 85.2 Å². The molecule has 0 radical (unpaired) electrons. The molecule has 0 aliphatic heterocycles. The molecule has 0 unspecified atom stereocenters. The predicted molar refractivity (Wildman–Crippen MR) is 54.7 cm³/mol. The number of carbonyl (C=O) groups is 1. The van der Waals surface area contributed by atoms with Crippen LogP contribution in [0, 0.1) is 0 Å². The average molecular weight is 219 g/mol. The van der Waals surface area contributed by atoms with Gasteiger partial charge in [-0.05, 0) is 26.7 Å². The smallest absolute Gasteiger partial charge is 0.243 e. The van der Waals surface area contributed by atoms with Gasteiger partial charge in [0.25, 0.3) is 0 Å². The second-order valence-electron chi connectivity index (χ2n) is 4.29. The van der Waals surface area contributed by atoms with E-state index in [1.807, 2.05) is 0 Å². The van der Waals surface area contributed by atoms with E-state index in [-0.39, 0.29) is 5.91 Å². The fourth-order valence-electron chi connectivity index (χ4n) is 1.59. The van der Waals surface area contributed by atoms with Crippen LogP contribution in [0.5, 0.6) is 0 Å². The Hall–Kier alpha value is -0.580. The zero-order valence-corrected chi connectivity index (χ0v) is 9.89. The molecule has 0 N–H and O–H groups in total. The Morgan fingerprint density at radius 2 is 1.71 bits per heavy atom. The van der Waals surface area contributed by atoms with E-state index in [1.165, 1.54) is 4.90 Å². The van der Waals surface area contributed by atoms with Crippen molar-refractivity contribution >= 4 is 15.7 Å². The summed E-state index contributed by atoms with van der Waals surface area (Å²) >= 11 is 0. The topological polar surface area (TPSA) is 54.5 Å². The average Bonchev–Trinajstić information content (AvgIpc) is 2.82. The lowest BCUT2D eigenvalue weighted by Crippen LogP contribution is -2.44. The highest BCUT2D eigenvalue weighted by molar-refractivity contribution is 7.94. The van der Waals surface area contributed by atoms with Gasteiger partial charge >= 0.3 is 0 Å². The first-order valence-electron chi connectivity index (χ1n) is 4.71. The molecule has 0 heterocycles. The minimum Gasteiger partial charge on any atom is -0.347 e. The Kier molecular flexibility index (Phi) is 2.65. The number of carbonyl (C=O) groups excluding carboxylic acids is 1. The molecule has 0 bridgehead atoms. The van der Waals surface area contributed by atoms with Crippen molar-refractivity contribution in [2.75, 3.05) is 14.1 Å². The molecule has 1 fully saturated rings. The maximum Gasteiger partial charge on any atom is 0.243 e. The number of hydrogen-bond donors (Lipinski definition) is 0. The van der Waals surface area contributed by atoms with E-state index >= 15 is 0 Å². The first kappa shape index (κ1) is 11.5. The lowest BCUT2D eigenvalue weighted by molar-refractivity contribution is -0.129. The maximum atomic E-state index is 11.9. The molecule has 4 nitrogen and oxygen atoms in total. The normalized spacial score (nSPS) is 19.5. The van der Waals surface area contributed by atoms with E-state index in [0.29, 0.717) is 12.8 Å². The van der Waals surface area contributed by atoms with Crippen molar-refractivity contribution in [2.24, 2.45) is 0 Å². The molecule has 1 rings (SSSR count). The lowest BCUT2D eigenvalue weighted by atomic mass is 10.4. The summed E-state index contributed by atoms with van der Waals surface area (Å²) in [5.74, 6) is -0.272. The van der Waals surface area contributed by atoms with E-state index < -0.39 is 19.8 Å². The molecule has 0 aromatic rings. The standard InChI is InChI=1S/C9H17NO3S/c1-7(2)14(12,13)9(5-6-9)8(11)10(3)4/h7H,5-6H2,1-4H3. The molecular formula is C9H17NO3S. The molecule has 0 saturated heterocycles. The summed E-state index contributed by atoms with van der Waals surface area (Å²) < 4.78 is 22.7. The van der Waals surface area contributed by atoms with Crippen molar-refractivity contribution in [3.05, 3.63) is 0 Å². The third-order valence-corrected chi connectivity index (χ3v) is 5.58. The highest BCUT2D eigenvalue weighted by Gasteiger charge is 2.61. The van der Waals surface area contributed by atoms with Crippen molar-refractivity contribution in [3.63, 3.8) is 0 Å². The van der Waals surface area contributed by atoms with Gasteiger partial charge < -0.3 is 4.90 Å². The molecule has 0 aromatic carbocycles. The molecular weight excluding hydrogens is 202 g/mol. The molecule has 14 heavy (non-hydrogen) atoms. The summed E-state index contributed by atoms with van der Waals surface area (Å²) in [6.07, 6.45) is 0.953. The minimum atomic E-state index is -3.30. The van der Waals surface area contributed by atoms with E-state index in [1.54, 1.807) is 27.9 Å². The van der Waals surface area contributed by atoms with Crippen molar-refractivity contribution in [3.8, 4) is 0 Å². The van der Waals surface area contributed by atoms with Crippen molar-refractivity contribution < 1.29 is 13.2 Å². The van der Waals surface area contributed by atoms with Gasteiger partial charge in [-0.2, -0.15) is 0 Å². The summed E-state index contributed by atoms with van der Waals surface area (Å²) in [5, 5.41) is -0.478. The summed E-state index contributed by atoms with van der Waals surface area (Å²) in [6, 6.07) is 0. The van der Waals surface area contributed by atoms with E-state index in [9.17, 15) is 13.2 Å². The second kappa shape index (κ2) is 3.22. The number of amides is 1. The van der Waals surface area contributed by atoms with Crippen LogP contribution in [0.1, 0.15) is 26.7 Å². The van der Waals surface area contributed by atoms with Crippen LogP contribution in [0.2, 0.25) is 0 Å². The van der Waals surface area contributed by atoms with E-state index in [0.717, 1.165) is 0 Å². The summed E-state index contributed by atoms with van der Waals surface area (Å²) in [6.45, 7) is 3.25. The van der Waals surface area contributed by atoms with Crippen molar-refractivity contribution in [1.82, 2.24) is 4.90 Å².